The Morgan fingerprint density at radius 2 is 1.85 bits per heavy atom. The van der Waals surface area contributed by atoms with Crippen LogP contribution in [0.3, 0.4) is 0 Å². The summed E-state index contributed by atoms with van der Waals surface area (Å²) in [6.45, 7) is 0.133. The van der Waals surface area contributed by atoms with Gasteiger partial charge in [0.2, 0.25) is 11.7 Å². The summed E-state index contributed by atoms with van der Waals surface area (Å²) in [6, 6.07) is 22.3. The Labute approximate surface area is 188 Å². The number of hydrogen-bond acceptors (Lipinski definition) is 7. The number of para-hydroxylation sites is 2. The molecule has 3 aromatic carbocycles. The zero-order valence-electron chi connectivity index (χ0n) is 17.3. The maximum absolute atomic E-state index is 12.4. The van der Waals surface area contributed by atoms with Gasteiger partial charge in [-0.1, -0.05) is 47.6 Å². The van der Waals surface area contributed by atoms with Gasteiger partial charge in [-0.3, -0.25) is 14.9 Å². The Bertz CT molecular complexity index is 1300. The molecule has 0 fully saturated rings. The molecule has 0 aliphatic rings. The number of rotatable bonds is 8. The molecule has 1 amide bonds. The standard InChI is InChI=1S/C24H18N4O5/c29-23(14-13-17-7-6-8-18(15-17)28(30)31)25-21-12-5-4-11-20(21)24-26-22(27-33-24)16-32-19-9-2-1-3-10-19/h1-15H,16H2,(H,25,29)/b14-13+. The number of aromatic nitrogens is 2. The molecule has 0 unspecified atom stereocenters. The van der Waals surface area contributed by atoms with E-state index >= 15 is 0 Å². The fraction of sp³-hybridized carbons (Fsp3) is 0.0417. The molecule has 4 rings (SSSR count). The molecule has 0 spiro atoms. The van der Waals surface area contributed by atoms with E-state index in [-0.39, 0.29) is 18.2 Å². The lowest BCUT2D eigenvalue weighted by Crippen LogP contribution is -2.08. The third-order valence-corrected chi connectivity index (χ3v) is 4.50. The second-order valence-corrected chi connectivity index (χ2v) is 6.84. The predicted octanol–water partition coefficient (Wildman–Crippen LogP) is 4.88. The van der Waals surface area contributed by atoms with Crippen molar-refractivity contribution in [3.8, 4) is 17.2 Å². The van der Waals surface area contributed by atoms with Gasteiger partial charge in [0.25, 0.3) is 11.6 Å². The van der Waals surface area contributed by atoms with Crippen LogP contribution in [0.25, 0.3) is 17.5 Å². The van der Waals surface area contributed by atoms with Crippen LogP contribution in [0.4, 0.5) is 11.4 Å². The lowest BCUT2D eigenvalue weighted by molar-refractivity contribution is -0.384. The van der Waals surface area contributed by atoms with Gasteiger partial charge in [0.05, 0.1) is 16.2 Å². The molecule has 0 atom stereocenters. The SMILES string of the molecule is O=C(/C=C/c1cccc([N+](=O)[O-])c1)Nc1ccccc1-c1nc(COc2ccccc2)no1. The molecule has 33 heavy (non-hydrogen) atoms. The molecule has 1 heterocycles. The summed E-state index contributed by atoms with van der Waals surface area (Å²) in [7, 11) is 0. The first kappa shape index (κ1) is 21.4. The topological polar surface area (TPSA) is 120 Å². The van der Waals surface area contributed by atoms with Gasteiger partial charge in [-0.05, 0) is 35.9 Å². The smallest absolute Gasteiger partial charge is 0.270 e. The minimum Gasteiger partial charge on any atom is -0.485 e. The second kappa shape index (κ2) is 10.0. The Kier molecular flexibility index (Phi) is 6.51. The number of anilines is 1. The van der Waals surface area contributed by atoms with Crippen molar-refractivity contribution in [1.82, 2.24) is 10.1 Å². The number of nitrogens with zero attached hydrogens (tertiary/aromatic N) is 3. The van der Waals surface area contributed by atoms with Gasteiger partial charge in [0.1, 0.15) is 5.75 Å². The predicted molar refractivity (Wildman–Crippen MR) is 121 cm³/mol. The Hall–Kier alpha value is -4.79. The molecule has 1 aromatic heterocycles. The summed E-state index contributed by atoms with van der Waals surface area (Å²) < 4.78 is 11.0. The molecular weight excluding hydrogens is 424 g/mol. The highest BCUT2D eigenvalue weighted by atomic mass is 16.6. The molecule has 0 radical (unpaired) electrons. The molecule has 0 bridgehead atoms. The Morgan fingerprint density at radius 1 is 1.06 bits per heavy atom. The first-order chi connectivity index (χ1) is 16.1. The number of ether oxygens (including phenoxy) is 1. The van der Waals surface area contributed by atoms with E-state index in [0.29, 0.717) is 28.4 Å². The number of nitrogens with one attached hydrogen (secondary N) is 1. The molecule has 4 aromatic rings. The van der Waals surface area contributed by atoms with Gasteiger partial charge in [-0.25, -0.2) is 0 Å². The Balaban J connectivity index is 1.44. The molecule has 0 saturated heterocycles. The molecule has 0 aliphatic carbocycles. The minimum atomic E-state index is -0.489. The van der Waals surface area contributed by atoms with Gasteiger partial charge in [0.15, 0.2) is 6.61 Å². The average Bonchev–Trinajstić information content (AvgIpc) is 3.31. The van der Waals surface area contributed by atoms with Crippen molar-refractivity contribution in [2.45, 2.75) is 6.61 Å². The third-order valence-electron chi connectivity index (χ3n) is 4.50. The van der Waals surface area contributed by atoms with Crippen LogP contribution in [0.15, 0.2) is 89.5 Å². The number of nitro groups is 1. The van der Waals surface area contributed by atoms with E-state index in [0.717, 1.165) is 0 Å². The minimum absolute atomic E-state index is 0.0497. The molecule has 0 aliphatic heterocycles. The summed E-state index contributed by atoms with van der Waals surface area (Å²) in [5.74, 6) is 0.869. The van der Waals surface area contributed by atoms with Crippen LogP contribution >= 0.6 is 0 Å². The average molecular weight is 442 g/mol. The maximum Gasteiger partial charge on any atom is 0.270 e. The van der Waals surface area contributed by atoms with E-state index < -0.39 is 10.8 Å². The quantitative estimate of drug-likeness (QED) is 0.235. The van der Waals surface area contributed by atoms with Gasteiger partial charge in [-0.15, -0.1) is 0 Å². The van der Waals surface area contributed by atoms with E-state index in [9.17, 15) is 14.9 Å². The van der Waals surface area contributed by atoms with Crippen LogP contribution in [0.5, 0.6) is 5.75 Å². The van der Waals surface area contributed by atoms with Crippen molar-refractivity contribution in [2.24, 2.45) is 0 Å². The lowest BCUT2D eigenvalue weighted by Gasteiger charge is -2.06. The number of hydrogen-bond donors (Lipinski definition) is 1. The highest BCUT2D eigenvalue weighted by Crippen LogP contribution is 2.26. The van der Waals surface area contributed by atoms with E-state index in [1.54, 1.807) is 36.4 Å². The van der Waals surface area contributed by atoms with Crippen LogP contribution in [0.2, 0.25) is 0 Å². The molecule has 9 heteroatoms. The van der Waals surface area contributed by atoms with E-state index in [4.69, 9.17) is 9.26 Å². The van der Waals surface area contributed by atoms with Crippen LogP contribution in [-0.2, 0) is 11.4 Å². The molecule has 164 valence electrons. The van der Waals surface area contributed by atoms with Crippen LogP contribution < -0.4 is 10.1 Å². The van der Waals surface area contributed by atoms with E-state index in [1.165, 1.54) is 24.3 Å². The number of benzene rings is 3. The van der Waals surface area contributed by atoms with Gasteiger partial charge in [-0.2, -0.15) is 4.98 Å². The number of nitro benzene ring substituents is 1. The number of carbonyl (C=O) groups excluding carboxylic acids is 1. The van der Waals surface area contributed by atoms with Gasteiger partial charge < -0.3 is 14.6 Å². The zero-order chi connectivity index (χ0) is 23.0. The summed E-state index contributed by atoms with van der Waals surface area (Å²) >= 11 is 0. The fourth-order valence-electron chi connectivity index (χ4n) is 2.95. The molecular formula is C24H18N4O5. The van der Waals surface area contributed by atoms with Crippen LogP contribution in [0, 0.1) is 10.1 Å². The fourth-order valence-corrected chi connectivity index (χ4v) is 2.95. The molecule has 0 saturated carbocycles. The van der Waals surface area contributed by atoms with Gasteiger partial charge in [0, 0.05) is 18.2 Å². The van der Waals surface area contributed by atoms with Gasteiger partial charge >= 0.3 is 0 Å². The maximum atomic E-state index is 12.4. The van der Waals surface area contributed by atoms with Crippen LogP contribution in [-0.4, -0.2) is 21.0 Å². The highest BCUT2D eigenvalue weighted by Gasteiger charge is 2.14. The first-order valence-electron chi connectivity index (χ1n) is 9.92. The number of carbonyl (C=O) groups is 1. The number of non-ortho nitro benzene ring substituents is 1. The summed E-state index contributed by atoms with van der Waals surface area (Å²) in [5, 5.41) is 17.6. The van der Waals surface area contributed by atoms with Crippen molar-refractivity contribution in [1.29, 1.82) is 0 Å². The lowest BCUT2D eigenvalue weighted by atomic mass is 10.1. The summed E-state index contributed by atoms with van der Waals surface area (Å²) in [4.78, 5) is 27.2. The highest BCUT2D eigenvalue weighted by molar-refractivity contribution is 6.03. The molecule has 9 nitrogen and oxygen atoms in total. The van der Waals surface area contributed by atoms with E-state index in [2.05, 4.69) is 15.5 Å². The second-order valence-electron chi connectivity index (χ2n) is 6.84. The summed E-state index contributed by atoms with van der Waals surface area (Å²) in [5.41, 5.74) is 1.51. The third kappa shape index (κ3) is 5.67. The van der Waals surface area contributed by atoms with E-state index in [1.807, 2.05) is 30.3 Å². The van der Waals surface area contributed by atoms with Crippen molar-refractivity contribution in [3.63, 3.8) is 0 Å². The van der Waals surface area contributed by atoms with Crippen molar-refractivity contribution >= 4 is 23.4 Å². The molecule has 1 N–H and O–H groups in total. The normalized spacial score (nSPS) is 10.8. The zero-order valence-corrected chi connectivity index (χ0v) is 17.3. The monoisotopic (exact) mass is 442 g/mol. The van der Waals surface area contributed by atoms with Crippen molar-refractivity contribution in [2.75, 3.05) is 5.32 Å². The van der Waals surface area contributed by atoms with Crippen LogP contribution in [0.1, 0.15) is 11.4 Å². The van der Waals surface area contributed by atoms with Crippen molar-refractivity contribution < 1.29 is 19.0 Å². The Morgan fingerprint density at radius 3 is 2.67 bits per heavy atom. The largest absolute Gasteiger partial charge is 0.485 e. The first-order valence-corrected chi connectivity index (χ1v) is 9.92. The summed E-state index contributed by atoms with van der Waals surface area (Å²) in [6.07, 6.45) is 2.79. The number of amides is 1. The van der Waals surface area contributed by atoms with Crippen molar-refractivity contribution in [3.05, 3.63) is 106 Å².